The lowest BCUT2D eigenvalue weighted by atomic mass is 9.59. The molecule has 38 heavy (non-hydrogen) atoms. The van der Waals surface area contributed by atoms with Crippen molar-refractivity contribution >= 4 is 35.5 Å². The van der Waals surface area contributed by atoms with Gasteiger partial charge < -0.3 is 23.8 Å². The second-order valence-corrected chi connectivity index (χ2v) is 9.03. The first-order chi connectivity index (χ1) is 18.1. The van der Waals surface area contributed by atoms with Crippen molar-refractivity contribution in [2.24, 2.45) is 5.92 Å². The zero-order chi connectivity index (χ0) is 28.3. The summed E-state index contributed by atoms with van der Waals surface area (Å²) < 4.78 is 35.3. The van der Waals surface area contributed by atoms with E-state index in [2.05, 4.69) is 5.32 Å². The van der Waals surface area contributed by atoms with E-state index in [0.717, 1.165) is 26.4 Å². The molecule has 208 valence electrons. The van der Waals surface area contributed by atoms with Crippen LogP contribution in [0, 0.1) is 11.7 Å². The summed E-state index contributed by atoms with van der Waals surface area (Å²) in [5, 5.41) is 2.77. The maximum absolute atomic E-state index is 14.9. The highest BCUT2D eigenvalue weighted by Gasteiger charge is 2.79. The van der Waals surface area contributed by atoms with Gasteiger partial charge in [0.1, 0.15) is 28.7 Å². The van der Waals surface area contributed by atoms with Crippen molar-refractivity contribution in [3.8, 4) is 0 Å². The van der Waals surface area contributed by atoms with Crippen LogP contribution in [0.2, 0.25) is 0 Å². The molecule has 11 nitrogen and oxygen atoms in total. The number of halogens is 1. The Hall–Kier alpha value is -3.54. The SMILES string of the molecule is CCCCN1C(=O)C2(c3cc(F)ccc31)[C@@H](C(=O)OCC)[C@H](C(=O)OCC)NC2(CC(=O)OC)C(=O)OC. The summed E-state index contributed by atoms with van der Waals surface area (Å²) in [6, 6.07) is 1.93. The lowest BCUT2D eigenvalue weighted by Crippen LogP contribution is -2.67. The maximum Gasteiger partial charge on any atom is 0.328 e. The Morgan fingerprint density at radius 3 is 2.26 bits per heavy atom. The number of nitrogens with one attached hydrogen (secondary N) is 1. The van der Waals surface area contributed by atoms with Crippen LogP contribution in [0.1, 0.15) is 45.6 Å². The monoisotopic (exact) mass is 536 g/mol. The molecule has 1 N–H and O–H groups in total. The van der Waals surface area contributed by atoms with Crippen LogP contribution in [-0.4, -0.2) is 75.3 Å². The Morgan fingerprint density at radius 1 is 1.03 bits per heavy atom. The fourth-order valence-corrected chi connectivity index (χ4v) is 5.64. The molecule has 0 bridgehead atoms. The van der Waals surface area contributed by atoms with E-state index in [1.54, 1.807) is 6.92 Å². The topological polar surface area (TPSA) is 138 Å². The Labute approximate surface area is 219 Å². The molecule has 1 amide bonds. The van der Waals surface area contributed by atoms with Gasteiger partial charge in [0.25, 0.3) is 0 Å². The summed E-state index contributed by atoms with van der Waals surface area (Å²) in [6.45, 7) is 4.96. The average Bonchev–Trinajstić information content (AvgIpc) is 3.33. The molecule has 1 spiro atoms. The van der Waals surface area contributed by atoms with Gasteiger partial charge in [0, 0.05) is 12.2 Å². The quantitative estimate of drug-likeness (QED) is 0.345. The molecule has 12 heteroatoms. The predicted molar refractivity (Wildman–Crippen MR) is 130 cm³/mol. The first-order valence-corrected chi connectivity index (χ1v) is 12.5. The Bertz CT molecular complexity index is 1130. The van der Waals surface area contributed by atoms with Gasteiger partial charge in [0.2, 0.25) is 5.91 Å². The highest BCUT2D eigenvalue weighted by atomic mass is 19.1. The highest BCUT2D eigenvalue weighted by Crippen LogP contribution is 2.59. The van der Waals surface area contributed by atoms with E-state index in [-0.39, 0.29) is 31.0 Å². The second-order valence-electron chi connectivity index (χ2n) is 9.03. The van der Waals surface area contributed by atoms with Crippen LogP contribution in [0.4, 0.5) is 10.1 Å². The molecule has 1 saturated heterocycles. The smallest absolute Gasteiger partial charge is 0.328 e. The minimum absolute atomic E-state index is 0.0507. The van der Waals surface area contributed by atoms with Gasteiger partial charge in [-0.1, -0.05) is 13.3 Å². The molecule has 2 aliphatic heterocycles. The van der Waals surface area contributed by atoms with Gasteiger partial charge >= 0.3 is 23.9 Å². The second kappa shape index (κ2) is 11.5. The number of hydrogen-bond donors (Lipinski definition) is 1. The molecule has 1 aromatic rings. The van der Waals surface area contributed by atoms with Crippen LogP contribution in [-0.2, 0) is 48.3 Å². The van der Waals surface area contributed by atoms with Crippen LogP contribution >= 0.6 is 0 Å². The molecular weight excluding hydrogens is 503 g/mol. The largest absolute Gasteiger partial charge is 0.469 e. The summed E-state index contributed by atoms with van der Waals surface area (Å²) in [5.74, 6) is -7.28. The number of carbonyl (C=O) groups excluding carboxylic acids is 5. The van der Waals surface area contributed by atoms with E-state index in [9.17, 15) is 28.4 Å². The van der Waals surface area contributed by atoms with Crippen LogP contribution in [0.25, 0.3) is 0 Å². The number of esters is 4. The van der Waals surface area contributed by atoms with Crippen molar-refractivity contribution in [1.82, 2.24) is 5.32 Å². The van der Waals surface area contributed by atoms with Crippen molar-refractivity contribution in [2.75, 3.05) is 38.9 Å². The number of ether oxygens (including phenoxy) is 4. The zero-order valence-electron chi connectivity index (χ0n) is 22.1. The normalized spacial score (nSPS) is 25.7. The predicted octanol–water partition coefficient (Wildman–Crippen LogP) is 1.40. The first kappa shape index (κ1) is 29.0. The standard InChI is InChI=1S/C26H33FN2O9/c1-6-9-12-29-17-11-10-15(27)13-16(17)26(23(29)33)19(21(31)37-7-2)20(22(32)38-8-3)28-25(26,24(34)36-5)14-18(30)35-4/h10-11,13,19-20,28H,6-9,12,14H2,1-5H3/t19-,20-,25?,26?/m1/s1. The minimum Gasteiger partial charge on any atom is -0.469 e. The van der Waals surface area contributed by atoms with Gasteiger partial charge in [-0.05, 0) is 44.0 Å². The van der Waals surface area contributed by atoms with E-state index in [0.29, 0.717) is 12.8 Å². The van der Waals surface area contributed by atoms with E-state index >= 15 is 0 Å². The number of hydrogen-bond acceptors (Lipinski definition) is 10. The van der Waals surface area contributed by atoms with Crippen molar-refractivity contribution in [3.05, 3.63) is 29.6 Å². The third-order valence-electron chi connectivity index (χ3n) is 7.12. The van der Waals surface area contributed by atoms with E-state index in [1.807, 2.05) is 6.92 Å². The summed E-state index contributed by atoms with van der Waals surface area (Å²) in [6.07, 6.45) is 0.424. The van der Waals surface area contributed by atoms with Gasteiger partial charge in [0.05, 0.1) is 33.9 Å². The Kier molecular flexibility index (Phi) is 8.75. The number of rotatable bonds is 10. The first-order valence-electron chi connectivity index (χ1n) is 12.5. The Balaban J connectivity index is 2.50. The van der Waals surface area contributed by atoms with Gasteiger partial charge in [-0.15, -0.1) is 0 Å². The van der Waals surface area contributed by atoms with Gasteiger partial charge in [-0.3, -0.25) is 24.5 Å². The van der Waals surface area contributed by atoms with E-state index in [4.69, 9.17) is 18.9 Å². The number of carbonyl (C=O) groups is 5. The highest BCUT2D eigenvalue weighted by molar-refractivity contribution is 6.17. The minimum atomic E-state index is -2.36. The van der Waals surface area contributed by atoms with Crippen LogP contribution in [0.5, 0.6) is 0 Å². The molecule has 1 fully saturated rings. The number of anilines is 1. The number of benzene rings is 1. The van der Waals surface area contributed by atoms with Crippen molar-refractivity contribution in [2.45, 2.75) is 57.0 Å². The third kappa shape index (κ3) is 4.30. The fraction of sp³-hybridized carbons (Fsp3) is 0.577. The zero-order valence-corrected chi connectivity index (χ0v) is 22.1. The summed E-state index contributed by atoms with van der Waals surface area (Å²) in [5.41, 5.74) is -4.48. The van der Waals surface area contributed by atoms with Crippen molar-refractivity contribution < 1.29 is 47.3 Å². The molecule has 2 aliphatic rings. The number of unbranched alkanes of at least 4 members (excludes halogenated alkanes) is 1. The van der Waals surface area contributed by atoms with Gasteiger partial charge in [0.15, 0.2) is 0 Å². The molecule has 4 atom stereocenters. The molecule has 0 saturated carbocycles. The number of methoxy groups -OCH3 is 2. The van der Waals surface area contributed by atoms with E-state index in [1.165, 1.54) is 17.9 Å². The van der Waals surface area contributed by atoms with Gasteiger partial charge in [-0.2, -0.15) is 0 Å². The number of nitrogens with zero attached hydrogens (tertiary/aromatic N) is 1. The summed E-state index contributed by atoms with van der Waals surface area (Å²) in [7, 11) is 2.12. The Morgan fingerprint density at radius 2 is 1.68 bits per heavy atom. The van der Waals surface area contributed by atoms with Crippen LogP contribution in [0.15, 0.2) is 18.2 Å². The van der Waals surface area contributed by atoms with Crippen molar-refractivity contribution in [1.29, 1.82) is 0 Å². The molecule has 3 rings (SSSR count). The molecular formula is C26H33FN2O9. The number of fused-ring (bicyclic) bond motifs is 2. The maximum atomic E-state index is 14.9. The molecule has 0 aliphatic carbocycles. The third-order valence-corrected chi connectivity index (χ3v) is 7.12. The molecule has 2 unspecified atom stereocenters. The van der Waals surface area contributed by atoms with Crippen LogP contribution in [0.3, 0.4) is 0 Å². The van der Waals surface area contributed by atoms with Crippen LogP contribution < -0.4 is 10.2 Å². The molecule has 0 aromatic heterocycles. The molecule has 1 aromatic carbocycles. The van der Waals surface area contributed by atoms with Crippen molar-refractivity contribution in [3.63, 3.8) is 0 Å². The number of amides is 1. The fourth-order valence-electron chi connectivity index (χ4n) is 5.64. The molecule has 2 heterocycles. The lowest BCUT2D eigenvalue weighted by molar-refractivity contribution is -0.163. The lowest BCUT2D eigenvalue weighted by Gasteiger charge is -2.41. The molecule has 0 radical (unpaired) electrons. The summed E-state index contributed by atoms with van der Waals surface area (Å²) >= 11 is 0. The van der Waals surface area contributed by atoms with Gasteiger partial charge in [-0.25, -0.2) is 9.18 Å². The summed E-state index contributed by atoms with van der Waals surface area (Å²) in [4.78, 5) is 69.3. The van der Waals surface area contributed by atoms with E-state index < -0.39 is 64.9 Å². The average molecular weight is 537 g/mol.